The van der Waals surface area contributed by atoms with E-state index in [4.69, 9.17) is 5.73 Å². The molecule has 2 aromatic heterocycles. The number of hydrogen-bond acceptors (Lipinski definition) is 5. The lowest BCUT2D eigenvalue weighted by atomic mass is 10.4. The lowest BCUT2D eigenvalue weighted by molar-refractivity contribution is 0.591. The van der Waals surface area contributed by atoms with Crippen molar-refractivity contribution in [1.29, 1.82) is 0 Å². The summed E-state index contributed by atoms with van der Waals surface area (Å²) >= 11 is 0. The molecule has 6 nitrogen and oxygen atoms in total. The van der Waals surface area contributed by atoms with Crippen LogP contribution in [0.1, 0.15) is 6.42 Å². The summed E-state index contributed by atoms with van der Waals surface area (Å²) in [6, 6.07) is 3.57. The maximum atomic E-state index is 5.53. The normalized spacial score (nSPS) is 10.2. The molecular weight excluding hydrogens is 204 g/mol. The predicted molar refractivity (Wildman–Crippen MR) is 61.8 cm³/mol. The Kier molecular flexibility index (Phi) is 3.32. The molecule has 0 radical (unpaired) electrons. The van der Waals surface area contributed by atoms with Gasteiger partial charge in [-0.1, -0.05) is 0 Å². The third kappa shape index (κ3) is 2.94. The second-order valence-electron chi connectivity index (χ2n) is 3.35. The van der Waals surface area contributed by atoms with Crippen LogP contribution >= 0.6 is 0 Å². The van der Waals surface area contributed by atoms with Gasteiger partial charge in [-0.2, -0.15) is 10.1 Å². The minimum absolute atomic E-state index is 0.476. The van der Waals surface area contributed by atoms with Gasteiger partial charge in [-0.3, -0.25) is 4.68 Å². The Hall–Kier alpha value is -2.11. The van der Waals surface area contributed by atoms with Crippen LogP contribution in [-0.4, -0.2) is 26.3 Å². The molecule has 0 aliphatic carbocycles. The van der Waals surface area contributed by atoms with Gasteiger partial charge in [0.2, 0.25) is 5.95 Å². The van der Waals surface area contributed by atoms with Crippen molar-refractivity contribution in [3.05, 3.63) is 30.7 Å². The molecule has 0 spiro atoms. The van der Waals surface area contributed by atoms with E-state index in [1.165, 1.54) is 0 Å². The first-order chi connectivity index (χ1) is 7.84. The van der Waals surface area contributed by atoms with Gasteiger partial charge in [0.05, 0.1) is 0 Å². The molecule has 16 heavy (non-hydrogen) atoms. The van der Waals surface area contributed by atoms with E-state index in [1.54, 1.807) is 18.5 Å². The molecule has 2 rings (SSSR count). The molecule has 3 N–H and O–H groups in total. The molecule has 0 amide bonds. The van der Waals surface area contributed by atoms with Gasteiger partial charge in [-0.05, 0) is 18.6 Å². The van der Waals surface area contributed by atoms with Crippen molar-refractivity contribution in [2.45, 2.75) is 13.0 Å². The summed E-state index contributed by atoms with van der Waals surface area (Å²) in [6.07, 6.45) is 6.31. The zero-order valence-electron chi connectivity index (χ0n) is 8.87. The highest BCUT2D eigenvalue weighted by Gasteiger charge is 1.95. The third-order valence-corrected chi connectivity index (χ3v) is 2.08. The first-order valence-corrected chi connectivity index (χ1v) is 5.14. The fourth-order valence-corrected chi connectivity index (χ4v) is 1.33. The van der Waals surface area contributed by atoms with Crippen molar-refractivity contribution in [3.63, 3.8) is 0 Å². The number of anilines is 2. The molecule has 6 heteroatoms. The maximum Gasteiger partial charge on any atom is 0.224 e. The lowest BCUT2D eigenvalue weighted by Gasteiger charge is -2.04. The van der Waals surface area contributed by atoms with E-state index >= 15 is 0 Å². The monoisotopic (exact) mass is 218 g/mol. The van der Waals surface area contributed by atoms with Crippen molar-refractivity contribution in [2.24, 2.45) is 0 Å². The van der Waals surface area contributed by atoms with Gasteiger partial charge in [-0.15, -0.1) is 0 Å². The van der Waals surface area contributed by atoms with Crippen molar-refractivity contribution in [1.82, 2.24) is 19.7 Å². The van der Waals surface area contributed by atoms with E-state index in [9.17, 15) is 0 Å². The van der Waals surface area contributed by atoms with Crippen LogP contribution in [0.15, 0.2) is 30.7 Å². The Morgan fingerprint density at radius 2 is 2.31 bits per heavy atom. The van der Waals surface area contributed by atoms with Crippen molar-refractivity contribution >= 4 is 11.8 Å². The van der Waals surface area contributed by atoms with Crippen molar-refractivity contribution < 1.29 is 0 Å². The standard InChI is InChI=1S/C10H14N6/c11-9-3-6-13-10(15-9)12-4-1-7-16-8-2-5-14-16/h2-3,5-6,8H,1,4,7H2,(H3,11,12,13,15). The van der Waals surface area contributed by atoms with Gasteiger partial charge in [0.25, 0.3) is 0 Å². The maximum absolute atomic E-state index is 5.53. The van der Waals surface area contributed by atoms with Crippen LogP contribution in [0, 0.1) is 0 Å². The fourth-order valence-electron chi connectivity index (χ4n) is 1.33. The van der Waals surface area contributed by atoms with Gasteiger partial charge in [0.15, 0.2) is 0 Å². The Balaban J connectivity index is 1.72. The molecule has 0 atom stereocenters. The summed E-state index contributed by atoms with van der Waals surface area (Å²) < 4.78 is 1.89. The zero-order chi connectivity index (χ0) is 11.2. The second kappa shape index (κ2) is 5.11. The van der Waals surface area contributed by atoms with Crippen molar-refractivity contribution in [2.75, 3.05) is 17.6 Å². The van der Waals surface area contributed by atoms with Crippen LogP contribution in [0.5, 0.6) is 0 Å². The van der Waals surface area contributed by atoms with E-state index in [0.29, 0.717) is 11.8 Å². The third-order valence-electron chi connectivity index (χ3n) is 2.08. The quantitative estimate of drug-likeness (QED) is 0.724. The van der Waals surface area contributed by atoms with Crippen LogP contribution < -0.4 is 11.1 Å². The molecule has 84 valence electrons. The van der Waals surface area contributed by atoms with Crippen LogP contribution in [0.4, 0.5) is 11.8 Å². The lowest BCUT2D eigenvalue weighted by Crippen LogP contribution is -2.09. The minimum Gasteiger partial charge on any atom is -0.384 e. The van der Waals surface area contributed by atoms with Gasteiger partial charge in [0.1, 0.15) is 5.82 Å². The summed E-state index contributed by atoms with van der Waals surface area (Å²) in [7, 11) is 0. The van der Waals surface area contributed by atoms with Gasteiger partial charge >= 0.3 is 0 Å². The molecule has 2 aromatic rings. The van der Waals surface area contributed by atoms with E-state index < -0.39 is 0 Å². The second-order valence-corrected chi connectivity index (χ2v) is 3.35. The first kappa shape index (κ1) is 10.4. The fraction of sp³-hybridized carbons (Fsp3) is 0.300. The summed E-state index contributed by atoms with van der Waals surface area (Å²) in [5, 5.41) is 7.22. The summed E-state index contributed by atoms with van der Waals surface area (Å²) in [5.41, 5.74) is 5.53. The Bertz CT molecular complexity index is 425. The van der Waals surface area contributed by atoms with E-state index in [0.717, 1.165) is 19.5 Å². The number of nitrogens with zero attached hydrogens (tertiary/aromatic N) is 4. The molecule has 0 bridgehead atoms. The molecule has 2 heterocycles. The highest BCUT2D eigenvalue weighted by atomic mass is 15.3. The smallest absolute Gasteiger partial charge is 0.224 e. The summed E-state index contributed by atoms with van der Waals surface area (Å²) in [5.74, 6) is 1.05. The number of nitrogens with one attached hydrogen (secondary N) is 1. The van der Waals surface area contributed by atoms with Crippen molar-refractivity contribution in [3.8, 4) is 0 Å². The predicted octanol–water partition coefficient (Wildman–Crippen LogP) is 0.757. The molecule has 0 aliphatic rings. The SMILES string of the molecule is Nc1ccnc(NCCCn2cccn2)n1. The van der Waals surface area contributed by atoms with Crippen LogP contribution in [0.3, 0.4) is 0 Å². The first-order valence-electron chi connectivity index (χ1n) is 5.14. The zero-order valence-corrected chi connectivity index (χ0v) is 8.87. The number of rotatable bonds is 5. The molecule has 0 aliphatic heterocycles. The minimum atomic E-state index is 0.476. The highest BCUT2D eigenvalue weighted by molar-refractivity contribution is 5.34. The average molecular weight is 218 g/mol. The topological polar surface area (TPSA) is 81.6 Å². The van der Waals surface area contributed by atoms with E-state index in [2.05, 4.69) is 20.4 Å². The summed E-state index contributed by atoms with van der Waals surface area (Å²) in [4.78, 5) is 8.09. The highest BCUT2D eigenvalue weighted by Crippen LogP contribution is 2.01. The van der Waals surface area contributed by atoms with Crippen LogP contribution in [-0.2, 0) is 6.54 Å². The molecular formula is C10H14N6. The number of nitrogens with two attached hydrogens (primary N) is 1. The molecule has 0 fully saturated rings. The van der Waals surface area contributed by atoms with Crippen LogP contribution in [0.25, 0.3) is 0 Å². The average Bonchev–Trinajstić information content (AvgIpc) is 2.77. The molecule has 0 saturated carbocycles. The Labute approximate surface area is 93.5 Å². The van der Waals surface area contributed by atoms with Gasteiger partial charge in [0, 0.05) is 31.7 Å². The van der Waals surface area contributed by atoms with Crippen LogP contribution in [0.2, 0.25) is 0 Å². The number of aryl methyl sites for hydroxylation is 1. The number of aromatic nitrogens is 4. The molecule has 0 unspecified atom stereocenters. The number of nitrogen functional groups attached to an aromatic ring is 1. The van der Waals surface area contributed by atoms with E-state index in [1.807, 2.05) is 16.9 Å². The summed E-state index contributed by atoms with van der Waals surface area (Å²) in [6.45, 7) is 1.67. The Morgan fingerprint density at radius 3 is 3.06 bits per heavy atom. The van der Waals surface area contributed by atoms with Gasteiger partial charge in [-0.25, -0.2) is 4.98 Å². The molecule has 0 aromatic carbocycles. The Morgan fingerprint density at radius 1 is 1.38 bits per heavy atom. The largest absolute Gasteiger partial charge is 0.384 e. The number of hydrogen-bond donors (Lipinski definition) is 2. The van der Waals surface area contributed by atoms with Gasteiger partial charge < -0.3 is 11.1 Å². The molecule has 0 saturated heterocycles. The van der Waals surface area contributed by atoms with E-state index in [-0.39, 0.29) is 0 Å².